The molecule has 1 aromatic carbocycles. The Kier molecular flexibility index (Phi) is 8.68. The van der Waals surface area contributed by atoms with Crippen molar-refractivity contribution < 1.29 is 0 Å². The van der Waals surface area contributed by atoms with Crippen LogP contribution in [0.5, 0.6) is 0 Å². The van der Waals surface area contributed by atoms with Gasteiger partial charge in [-0.3, -0.25) is 0 Å². The van der Waals surface area contributed by atoms with Gasteiger partial charge in [0.15, 0.2) is 0 Å². The summed E-state index contributed by atoms with van der Waals surface area (Å²) >= 11 is 0. The summed E-state index contributed by atoms with van der Waals surface area (Å²) in [5, 5.41) is 3.73. The predicted octanol–water partition coefficient (Wildman–Crippen LogP) is 5.89. The maximum atomic E-state index is 3.73. The molecule has 21 heavy (non-hydrogen) atoms. The molecule has 0 spiro atoms. The first-order chi connectivity index (χ1) is 10.0. The van der Waals surface area contributed by atoms with Crippen molar-refractivity contribution in [1.82, 2.24) is 5.32 Å². The maximum absolute atomic E-state index is 3.73. The minimum absolute atomic E-state index is 0.444. The molecular weight excluding hydrogens is 254 g/mol. The van der Waals surface area contributed by atoms with Crippen molar-refractivity contribution in [3.05, 3.63) is 35.4 Å². The molecule has 0 aliphatic carbocycles. The highest BCUT2D eigenvalue weighted by Gasteiger charge is 2.09. The number of unbranched alkanes of at least 4 members (excludes halogenated alkanes) is 3. The van der Waals surface area contributed by atoms with Gasteiger partial charge < -0.3 is 5.32 Å². The van der Waals surface area contributed by atoms with Gasteiger partial charge in [-0.2, -0.15) is 0 Å². The molecule has 0 aliphatic heterocycles. The van der Waals surface area contributed by atoms with E-state index in [2.05, 4.69) is 64.2 Å². The van der Waals surface area contributed by atoms with E-state index < -0.39 is 0 Å². The molecule has 120 valence electrons. The molecule has 1 rings (SSSR count). The van der Waals surface area contributed by atoms with Gasteiger partial charge in [0.25, 0.3) is 0 Å². The number of hydrogen-bond acceptors (Lipinski definition) is 1. The van der Waals surface area contributed by atoms with Gasteiger partial charge in [0, 0.05) is 12.1 Å². The molecule has 1 N–H and O–H groups in total. The molecule has 0 saturated carbocycles. The van der Waals surface area contributed by atoms with Gasteiger partial charge in [-0.15, -0.1) is 0 Å². The van der Waals surface area contributed by atoms with Crippen LogP contribution in [-0.4, -0.2) is 6.04 Å². The third-order valence-electron chi connectivity index (χ3n) is 4.15. The molecule has 0 fully saturated rings. The minimum Gasteiger partial charge on any atom is -0.308 e. The summed E-state index contributed by atoms with van der Waals surface area (Å²) in [6.07, 6.45) is 7.88. The van der Waals surface area contributed by atoms with Crippen molar-refractivity contribution in [2.45, 2.75) is 85.2 Å². The van der Waals surface area contributed by atoms with Crippen LogP contribution in [0, 0.1) is 5.92 Å². The molecule has 1 aromatic rings. The summed E-state index contributed by atoms with van der Waals surface area (Å²) in [5.74, 6) is 0.731. The molecule has 0 heterocycles. The van der Waals surface area contributed by atoms with Crippen LogP contribution in [0.25, 0.3) is 0 Å². The second kappa shape index (κ2) is 10.00. The normalized spacial score (nSPS) is 14.4. The molecular formula is C20H35N. The topological polar surface area (TPSA) is 12.0 Å². The largest absolute Gasteiger partial charge is 0.308 e. The average molecular weight is 290 g/mol. The number of nitrogens with one attached hydrogen (secondary N) is 1. The van der Waals surface area contributed by atoms with Crippen molar-refractivity contribution in [2.75, 3.05) is 0 Å². The van der Waals surface area contributed by atoms with Crippen LogP contribution >= 0.6 is 0 Å². The van der Waals surface area contributed by atoms with E-state index in [0.29, 0.717) is 12.1 Å². The van der Waals surface area contributed by atoms with E-state index in [1.54, 1.807) is 0 Å². The molecule has 1 heteroatoms. The van der Waals surface area contributed by atoms with E-state index >= 15 is 0 Å². The SMILES string of the molecule is CCCCCCC(C)NC(C)c1ccc(CC(C)C)cc1. The second-order valence-corrected chi connectivity index (χ2v) is 6.98. The highest BCUT2D eigenvalue weighted by atomic mass is 14.9. The third-order valence-corrected chi connectivity index (χ3v) is 4.15. The van der Waals surface area contributed by atoms with Gasteiger partial charge in [-0.25, -0.2) is 0 Å². The fourth-order valence-corrected chi connectivity index (χ4v) is 2.90. The van der Waals surface area contributed by atoms with E-state index in [1.807, 2.05) is 0 Å². The van der Waals surface area contributed by atoms with E-state index in [-0.39, 0.29) is 0 Å². The summed E-state index contributed by atoms with van der Waals surface area (Å²) in [7, 11) is 0. The van der Waals surface area contributed by atoms with Crippen molar-refractivity contribution in [3.8, 4) is 0 Å². The van der Waals surface area contributed by atoms with Crippen LogP contribution in [0.4, 0.5) is 0 Å². The molecule has 0 saturated heterocycles. The lowest BCUT2D eigenvalue weighted by molar-refractivity contribution is 0.438. The lowest BCUT2D eigenvalue weighted by Gasteiger charge is -2.21. The predicted molar refractivity (Wildman–Crippen MR) is 94.8 cm³/mol. The van der Waals surface area contributed by atoms with Gasteiger partial charge in [-0.05, 0) is 43.7 Å². The molecule has 0 aromatic heterocycles. The van der Waals surface area contributed by atoms with E-state index in [4.69, 9.17) is 0 Å². The smallest absolute Gasteiger partial charge is 0.0294 e. The highest BCUT2D eigenvalue weighted by Crippen LogP contribution is 2.17. The Balaban J connectivity index is 2.38. The molecule has 2 unspecified atom stereocenters. The van der Waals surface area contributed by atoms with Crippen molar-refractivity contribution >= 4 is 0 Å². The number of rotatable bonds is 10. The monoisotopic (exact) mass is 289 g/mol. The first-order valence-electron chi connectivity index (χ1n) is 8.87. The molecule has 0 radical (unpaired) electrons. The molecule has 1 nitrogen and oxygen atoms in total. The Bertz CT molecular complexity index is 366. The van der Waals surface area contributed by atoms with Crippen LogP contribution in [0.2, 0.25) is 0 Å². The minimum atomic E-state index is 0.444. The Morgan fingerprint density at radius 1 is 0.905 bits per heavy atom. The Morgan fingerprint density at radius 2 is 1.57 bits per heavy atom. The zero-order valence-corrected chi connectivity index (χ0v) is 14.8. The third kappa shape index (κ3) is 7.66. The summed E-state index contributed by atoms with van der Waals surface area (Å²) in [5.41, 5.74) is 2.86. The fourth-order valence-electron chi connectivity index (χ4n) is 2.90. The van der Waals surface area contributed by atoms with Crippen LogP contribution in [0.1, 0.15) is 83.9 Å². The summed E-state index contributed by atoms with van der Waals surface area (Å²) in [4.78, 5) is 0. The van der Waals surface area contributed by atoms with Crippen molar-refractivity contribution in [3.63, 3.8) is 0 Å². The highest BCUT2D eigenvalue weighted by molar-refractivity contribution is 5.25. The fraction of sp³-hybridized carbons (Fsp3) is 0.700. The average Bonchev–Trinajstić information content (AvgIpc) is 2.43. The van der Waals surface area contributed by atoms with Gasteiger partial charge in [0.2, 0.25) is 0 Å². The second-order valence-electron chi connectivity index (χ2n) is 6.98. The first kappa shape index (κ1) is 18.2. The van der Waals surface area contributed by atoms with Gasteiger partial charge in [0.05, 0.1) is 0 Å². The van der Waals surface area contributed by atoms with Crippen LogP contribution in [0.3, 0.4) is 0 Å². The lowest BCUT2D eigenvalue weighted by atomic mass is 9.99. The maximum Gasteiger partial charge on any atom is 0.0294 e. The Hall–Kier alpha value is -0.820. The summed E-state index contributed by atoms with van der Waals surface area (Å²) in [6, 6.07) is 10.2. The zero-order chi connectivity index (χ0) is 15.7. The van der Waals surface area contributed by atoms with Crippen molar-refractivity contribution in [1.29, 1.82) is 0 Å². The number of benzene rings is 1. The van der Waals surface area contributed by atoms with E-state index in [9.17, 15) is 0 Å². The molecule has 0 bridgehead atoms. The number of hydrogen-bond donors (Lipinski definition) is 1. The van der Waals surface area contributed by atoms with Gasteiger partial charge >= 0.3 is 0 Å². The molecule has 2 atom stereocenters. The van der Waals surface area contributed by atoms with Crippen LogP contribution in [-0.2, 0) is 6.42 Å². The van der Waals surface area contributed by atoms with E-state index in [1.165, 1.54) is 49.7 Å². The van der Waals surface area contributed by atoms with Gasteiger partial charge in [-0.1, -0.05) is 70.7 Å². The Labute approximate surface area is 132 Å². The molecule has 0 amide bonds. The molecule has 0 aliphatic rings. The van der Waals surface area contributed by atoms with Gasteiger partial charge in [0.1, 0.15) is 0 Å². The quantitative estimate of drug-likeness (QED) is 0.529. The summed E-state index contributed by atoms with van der Waals surface area (Å²) in [6.45, 7) is 11.4. The summed E-state index contributed by atoms with van der Waals surface area (Å²) < 4.78 is 0. The van der Waals surface area contributed by atoms with Crippen molar-refractivity contribution in [2.24, 2.45) is 5.92 Å². The van der Waals surface area contributed by atoms with Crippen LogP contribution < -0.4 is 5.32 Å². The lowest BCUT2D eigenvalue weighted by Crippen LogP contribution is -2.28. The van der Waals surface area contributed by atoms with E-state index in [0.717, 1.165) is 5.92 Å². The Morgan fingerprint density at radius 3 is 2.14 bits per heavy atom. The van der Waals surface area contributed by atoms with Crippen LogP contribution in [0.15, 0.2) is 24.3 Å². The first-order valence-corrected chi connectivity index (χ1v) is 8.87. The standard InChI is InChI=1S/C20H35N/c1-6-7-8-9-10-17(4)21-18(5)20-13-11-19(12-14-20)15-16(2)3/h11-14,16-18,21H,6-10,15H2,1-5H3. The zero-order valence-electron chi connectivity index (χ0n) is 14.8.